The topological polar surface area (TPSA) is 24.4 Å². The Morgan fingerprint density at radius 2 is 1.65 bits per heavy atom. The van der Waals surface area contributed by atoms with Crippen LogP contribution in [0.4, 0.5) is 10.1 Å². The van der Waals surface area contributed by atoms with Crippen LogP contribution in [0.1, 0.15) is 5.56 Å². The first kappa shape index (κ1) is 11.6. The molecule has 4 heteroatoms. The van der Waals surface area contributed by atoms with Crippen LogP contribution in [0.5, 0.6) is 0 Å². The number of nitrogens with one attached hydrogen (secondary N) is 1. The van der Waals surface area contributed by atoms with Crippen LogP contribution in [-0.4, -0.2) is 5.17 Å². The normalized spacial score (nSPS) is 11.3. The van der Waals surface area contributed by atoms with Gasteiger partial charge in [-0.25, -0.2) is 4.39 Å². The molecule has 2 aromatic carbocycles. The molecule has 0 bridgehead atoms. The Morgan fingerprint density at radius 1 is 1.00 bits per heavy atom. The largest absolute Gasteiger partial charge is 0.277 e. The number of rotatable bonds is 3. The Kier molecular flexibility index (Phi) is 3.73. The maximum absolute atomic E-state index is 12.7. The molecule has 2 nitrogen and oxygen atoms in total. The van der Waals surface area contributed by atoms with Crippen LogP contribution >= 0.6 is 11.6 Å². The van der Waals surface area contributed by atoms with Crippen molar-refractivity contribution in [1.29, 1.82) is 0 Å². The summed E-state index contributed by atoms with van der Waals surface area (Å²) in [5.74, 6) is -0.297. The number of halogens is 2. The number of hydrogen-bond acceptors (Lipinski definition) is 2. The van der Waals surface area contributed by atoms with Crippen molar-refractivity contribution in [3.05, 3.63) is 66.0 Å². The summed E-state index contributed by atoms with van der Waals surface area (Å²) in [5, 5.41) is 4.29. The molecular formula is C13H10ClFN2. The highest BCUT2D eigenvalue weighted by molar-refractivity contribution is 6.69. The Labute approximate surface area is 104 Å². The molecule has 0 spiro atoms. The van der Waals surface area contributed by atoms with E-state index in [0.29, 0.717) is 5.56 Å². The minimum Gasteiger partial charge on any atom is -0.277 e. The molecule has 0 heterocycles. The SMILES string of the molecule is Fc1ccc(C(Cl)=NNc2ccccc2)cc1. The lowest BCUT2D eigenvalue weighted by Crippen LogP contribution is -1.97. The van der Waals surface area contributed by atoms with Gasteiger partial charge in [-0.05, 0) is 36.4 Å². The van der Waals surface area contributed by atoms with Gasteiger partial charge in [0, 0.05) is 5.56 Å². The maximum atomic E-state index is 12.7. The first-order valence-corrected chi connectivity index (χ1v) is 5.44. The van der Waals surface area contributed by atoms with E-state index < -0.39 is 0 Å². The van der Waals surface area contributed by atoms with Gasteiger partial charge in [0.1, 0.15) is 5.82 Å². The van der Waals surface area contributed by atoms with Gasteiger partial charge in [-0.2, -0.15) is 5.10 Å². The minimum absolute atomic E-state index is 0.286. The smallest absolute Gasteiger partial charge is 0.156 e. The van der Waals surface area contributed by atoms with Gasteiger partial charge in [-0.3, -0.25) is 5.43 Å². The van der Waals surface area contributed by atoms with Crippen LogP contribution in [0, 0.1) is 5.82 Å². The van der Waals surface area contributed by atoms with Crippen molar-refractivity contribution in [1.82, 2.24) is 0 Å². The van der Waals surface area contributed by atoms with E-state index >= 15 is 0 Å². The highest BCUT2D eigenvalue weighted by Gasteiger charge is 1.99. The predicted octanol–water partition coefficient (Wildman–Crippen LogP) is 3.84. The van der Waals surface area contributed by atoms with E-state index in [1.807, 2.05) is 30.3 Å². The van der Waals surface area contributed by atoms with Crippen LogP contribution in [0.2, 0.25) is 0 Å². The number of anilines is 1. The van der Waals surface area contributed by atoms with E-state index in [1.165, 1.54) is 12.1 Å². The Balaban J connectivity index is 2.10. The molecule has 0 radical (unpaired) electrons. The zero-order chi connectivity index (χ0) is 12.1. The maximum Gasteiger partial charge on any atom is 0.156 e. The Bertz CT molecular complexity index is 509. The van der Waals surface area contributed by atoms with E-state index in [2.05, 4.69) is 10.5 Å². The van der Waals surface area contributed by atoms with Crippen LogP contribution in [0.15, 0.2) is 59.7 Å². The van der Waals surface area contributed by atoms with Crippen LogP contribution < -0.4 is 5.43 Å². The van der Waals surface area contributed by atoms with E-state index in [4.69, 9.17) is 11.6 Å². The fraction of sp³-hybridized carbons (Fsp3) is 0. The van der Waals surface area contributed by atoms with Crippen molar-refractivity contribution in [2.24, 2.45) is 5.10 Å². The van der Waals surface area contributed by atoms with Crippen molar-refractivity contribution in [2.45, 2.75) is 0 Å². The molecule has 0 saturated carbocycles. The van der Waals surface area contributed by atoms with E-state index in [-0.39, 0.29) is 11.0 Å². The molecule has 2 aromatic rings. The summed E-state index contributed by atoms with van der Waals surface area (Å²) in [5.41, 5.74) is 4.32. The monoisotopic (exact) mass is 248 g/mol. The quantitative estimate of drug-likeness (QED) is 0.648. The highest BCUT2D eigenvalue weighted by Crippen LogP contribution is 2.09. The summed E-state index contributed by atoms with van der Waals surface area (Å²) in [4.78, 5) is 0. The zero-order valence-corrected chi connectivity index (χ0v) is 9.66. The second kappa shape index (κ2) is 5.46. The average molecular weight is 249 g/mol. The molecule has 0 saturated heterocycles. The third kappa shape index (κ3) is 3.29. The Morgan fingerprint density at radius 3 is 2.29 bits per heavy atom. The summed E-state index contributed by atoms with van der Waals surface area (Å²) in [6, 6.07) is 15.3. The molecule has 17 heavy (non-hydrogen) atoms. The van der Waals surface area contributed by atoms with Gasteiger partial charge in [0.25, 0.3) is 0 Å². The first-order chi connectivity index (χ1) is 8.25. The number of hydrogen-bond donors (Lipinski definition) is 1. The minimum atomic E-state index is -0.297. The van der Waals surface area contributed by atoms with Gasteiger partial charge in [-0.15, -0.1) is 0 Å². The van der Waals surface area contributed by atoms with Gasteiger partial charge in [0.05, 0.1) is 5.69 Å². The van der Waals surface area contributed by atoms with Crippen LogP contribution in [0.3, 0.4) is 0 Å². The van der Waals surface area contributed by atoms with Crippen molar-refractivity contribution >= 4 is 22.5 Å². The highest BCUT2D eigenvalue weighted by atomic mass is 35.5. The molecule has 1 N–H and O–H groups in total. The lowest BCUT2D eigenvalue weighted by molar-refractivity contribution is 0.628. The summed E-state index contributed by atoms with van der Waals surface area (Å²) >= 11 is 5.97. The number of para-hydroxylation sites is 1. The van der Waals surface area contributed by atoms with E-state index in [1.54, 1.807) is 12.1 Å². The standard InChI is InChI=1S/C13H10ClFN2/c14-13(10-6-8-11(15)9-7-10)17-16-12-4-2-1-3-5-12/h1-9,16H. The fourth-order valence-corrected chi connectivity index (χ4v) is 1.45. The predicted molar refractivity (Wildman–Crippen MR) is 68.9 cm³/mol. The summed E-state index contributed by atoms with van der Waals surface area (Å²) in [6.07, 6.45) is 0. The van der Waals surface area contributed by atoms with Crippen molar-refractivity contribution in [3.63, 3.8) is 0 Å². The summed E-state index contributed by atoms with van der Waals surface area (Å²) < 4.78 is 12.7. The third-order valence-electron chi connectivity index (χ3n) is 2.14. The number of nitrogens with zero attached hydrogens (tertiary/aromatic N) is 1. The summed E-state index contributed by atoms with van der Waals surface area (Å²) in [6.45, 7) is 0. The van der Waals surface area contributed by atoms with Gasteiger partial charge < -0.3 is 0 Å². The van der Waals surface area contributed by atoms with Gasteiger partial charge in [0.2, 0.25) is 0 Å². The van der Waals surface area contributed by atoms with Crippen LogP contribution in [-0.2, 0) is 0 Å². The lowest BCUT2D eigenvalue weighted by Gasteiger charge is -2.01. The number of hydrazone groups is 1. The molecule has 86 valence electrons. The molecule has 0 atom stereocenters. The van der Waals surface area contributed by atoms with Crippen molar-refractivity contribution < 1.29 is 4.39 Å². The molecule has 0 aliphatic heterocycles. The molecule has 0 aliphatic carbocycles. The fourth-order valence-electron chi connectivity index (χ4n) is 1.28. The van der Waals surface area contributed by atoms with Crippen molar-refractivity contribution in [3.8, 4) is 0 Å². The van der Waals surface area contributed by atoms with Gasteiger partial charge >= 0.3 is 0 Å². The zero-order valence-electron chi connectivity index (χ0n) is 8.90. The Hall–Kier alpha value is -1.87. The lowest BCUT2D eigenvalue weighted by atomic mass is 10.2. The molecule has 0 aliphatic rings. The second-order valence-electron chi connectivity index (χ2n) is 3.39. The molecule has 0 amide bonds. The molecule has 0 aromatic heterocycles. The molecule has 0 fully saturated rings. The molecular weight excluding hydrogens is 239 g/mol. The first-order valence-electron chi connectivity index (χ1n) is 5.06. The number of benzene rings is 2. The van der Waals surface area contributed by atoms with E-state index in [9.17, 15) is 4.39 Å². The second-order valence-corrected chi connectivity index (χ2v) is 3.75. The summed E-state index contributed by atoms with van der Waals surface area (Å²) in [7, 11) is 0. The average Bonchev–Trinajstić information content (AvgIpc) is 2.38. The molecule has 0 unspecified atom stereocenters. The van der Waals surface area contributed by atoms with Gasteiger partial charge in [-0.1, -0.05) is 29.8 Å². The van der Waals surface area contributed by atoms with E-state index in [0.717, 1.165) is 5.69 Å². The molecule has 2 rings (SSSR count). The van der Waals surface area contributed by atoms with Crippen molar-refractivity contribution in [2.75, 3.05) is 5.43 Å². The van der Waals surface area contributed by atoms with Gasteiger partial charge in [0.15, 0.2) is 5.17 Å². The van der Waals surface area contributed by atoms with Crippen LogP contribution in [0.25, 0.3) is 0 Å². The third-order valence-corrected chi connectivity index (χ3v) is 2.44.